The third kappa shape index (κ3) is 6.87. The van der Waals surface area contributed by atoms with Gasteiger partial charge >= 0.3 is 6.18 Å². The number of aromatic nitrogens is 5. The van der Waals surface area contributed by atoms with Crippen LogP contribution in [0.2, 0.25) is 0 Å². The Morgan fingerprint density at radius 3 is 2.34 bits per heavy atom. The van der Waals surface area contributed by atoms with Crippen LogP contribution in [0.5, 0.6) is 0 Å². The number of halogens is 5. The number of hydrogen-bond acceptors (Lipinski definition) is 6. The molecule has 5 rings (SSSR count). The van der Waals surface area contributed by atoms with E-state index in [1.165, 1.54) is 16.9 Å². The molecule has 3 N–H and O–H groups in total. The fourth-order valence-electron chi connectivity index (χ4n) is 5.72. The summed E-state index contributed by atoms with van der Waals surface area (Å²) < 4.78 is 70.5. The highest BCUT2D eigenvalue weighted by molar-refractivity contribution is 5.92. The van der Waals surface area contributed by atoms with Crippen molar-refractivity contribution >= 4 is 17.5 Å². The first-order valence-corrected chi connectivity index (χ1v) is 14.7. The van der Waals surface area contributed by atoms with Crippen LogP contribution < -0.4 is 10.6 Å². The average Bonchev–Trinajstić information content (AvgIpc) is 3.47. The van der Waals surface area contributed by atoms with Gasteiger partial charge in [-0.15, -0.1) is 0 Å². The number of fused-ring (bicyclic) bond motifs is 1. The van der Waals surface area contributed by atoms with Gasteiger partial charge in [0.25, 0.3) is 5.91 Å². The van der Waals surface area contributed by atoms with Gasteiger partial charge in [0.1, 0.15) is 5.69 Å². The highest BCUT2D eigenvalue weighted by atomic mass is 19.4. The van der Waals surface area contributed by atoms with E-state index in [-0.39, 0.29) is 43.6 Å². The second-order valence-electron chi connectivity index (χ2n) is 12.5. The van der Waals surface area contributed by atoms with E-state index in [1.54, 1.807) is 23.0 Å². The van der Waals surface area contributed by atoms with E-state index in [0.717, 1.165) is 12.8 Å². The van der Waals surface area contributed by atoms with Crippen molar-refractivity contribution in [1.82, 2.24) is 35.0 Å². The molecule has 15 heteroatoms. The maximum Gasteiger partial charge on any atom is 0.417 e. The number of carbonyl (C=O) groups excluding carboxylic acids is 2. The van der Waals surface area contributed by atoms with E-state index < -0.39 is 48.0 Å². The highest BCUT2D eigenvalue weighted by Crippen LogP contribution is 2.43. The number of alkyl halides is 5. The molecule has 44 heavy (non-hydrogen) atoms. The summed E-state index contributed by atoms with van der Waals surface area (Å²) in [6.07, 6.45) is -0.292. The molecule has 0 aliphatic heterocycles. The summed E-state index contributed by atoms with van der Waals surface area (Å²) in [5.41, 5.74) is -1.56. The van der Waals surface area contributed by atoms with Crippen molar-refractivity contribution in [2.75, 3.05) is 0 Å². The summed E-state index contributed by atoms with van der Waals surface area (Å²) in [7, 11) is 0. The van der Waals surface area contributed by atoms with Crippen LogP contribution in [-0.4, -0.2) is 59.0 Å². The van der Waals surface area contributed by atoms with Crippen LogP contribution in [0.1, 0.15) is 106 Å². The second-order valence-corrected chi connectivity index (χ2v) is 12.5. The number of aliphatic hydroxyl groups is 1. The lowest BCUT2D eigenvalue weighted by Gasteiger charge is -2.33. The van der Waals surface area contributed by atoms with Crippen molar-refractivity contribution in [3.05, 3.63) is 47.7 Å². The Morgan fingerprint density at radius 1 is 1.07 bits per heavy atom. The standard InChI is InChI=1S/C29H36F5N7O3/c1-16(2)41-21(8-11-35-41)26(43)39-25(18-6-9-28(30,31)10-7-18)20-15-40-22(37-20)12-19(14-36-40)24(17-4-5-17)38-23(42)13-27(3,44)29(32,33)34/h8,11-12,14-18,24-25,44H,4-7,9-10,13H2,1-3H3,(H,38,42)(H,39,43)/t24-,25+,27-/m1/s1. The lowest BCUT2D eigenvalue weighted by atomic mass is 9.81. The minimum Gasteiger partial charge on any atom is -0.380 e. The van der Waals surface area contributed by atoms with Crippen LogP contribution in [0.15, 0.2) is 30.7 Å². The average molecular weight is 626 g/mol. The molecule has 0 unspecified atom stereocenters. The van der Waals surface area contributed by atoms with Gasteiger partial charge in [-0.2, -0.15) is 23.4 Å². The van der Waals surface area contributed by atoms with Crippen molar-refractivity contribution in [3.8, 4) is 0 Å². The zero-order chi connectivity index (χ0) is 32.0. The van der Waals surface area contributed by atoms with Crippen molar-refractivity contribution in [3.63, 3.8) is 0 Å². The summed E-state index contributed by atoms with van der Waals surface area (Å²) in [4.78, 5) is 30.6. The lowest BCUT2D eigenvalue weighted by molar-refractivity contribution is -0.253. The van der Waals surface area contributed by atoms with Crippen molar-refractivity contribution in [2.24, 2.45) is 11.8 Å². The molecule has 0 bridgehead atoms. The Labute approximate surface area is 250 Å². The smallest absolute Gasteiger partial charge is 0.380 e. The molecule has 10 nitrogen and oxygen atoms in total. The normalized spacial score (nSPS) is 20.3. The Bertz CT molecular complexity index is 1500. The van der Waals surface area contributed by atoms with Gasteiger partial charge < -0.3 is 15.7 Å². The number of carbonyl (C=O) groups is 2. The lowest BCUT2D eigenvalue weighted by Crippen LogP contribution is -2.46. The van der Waals surface area contributed by atoms with Gasteiger partial charge in [0.15, 0.2) is 11.2 Å². The quantitative estimate of drug-likeness (QED) is 0.270. The largest absolute Gasteiger partial charge is 0.417 e. The van der Waals surface area contributed by atoms with E-state index in [0.29, 0.717) is 29.5 Å². The van der Waals surface area contributed by atoms with Gasteiger partial charge in [-0.25, -0.2) is 18.3 Å². The molecule has 240 valence electrons. The fraction of sp³-hybridized carbons (Fsp3) is 0.621. The molecule has 0 saturated heterocycles. The number of rotatable bonds is 10. The first-order chi connectivity index (χ1) is 20.5. The second kappa shape index (κ2) is 11.7. The third-order valence-corrected chi connectivity index (χ3v) is 8.47. The van der Waals surface area contributed by atoms with E-state index in [2.05, 4.69) is 25.8 Å². The SMILES string of the molecule is CC(C)n1nccc1C(=O)N[C@H](c1cn2ncc([C@H](NC(=O)C[C@@](C)(O)C(F)(F)F)C3CC3)cc2n1)C1CCC(F)(F)CC1. The van der Waals surface area contributed by atoms with Crippen molar-refractivity contribution in [1.29, 1.82) is 0 Å². The Kier molecular flexibility index (Phi) is 8.46. The first kappa shape index (κ1) is 31.8. The molecule has 2 saturated carbocycles. The molecule has 2 amide bonds. The molecule has 3 atom stereocenters. The van der Waals surface area contributed by atoms with Gasteiger partial charge in [-0.05, 0) is 76.0 Å². The minimum atomic E-state index is -4.97. The zero-order valence-corrected chi connectivity index (χ0v) is 24.6. The van der Waals surface area contributed by atoms with Crippen LogP contribution in [0.4, 0.5) is 22.0 Å². The molecule has 3 aromatic heterocycles. The molecule has 2 fully saturated rings. The summed E-state index contributed by atoms with van der Waals surface area (Å²) in [6.45, 7) is 4.31. The molecule has 3 heterocycles. The summed E-state index contributed by atoms with van der Waals surface area (Å²) >= 11 is 0. The maximum absolute atomic E-state index is 14.0. The van der Waals surface area contributed by atoms with E-state index >= 15 is 0 Å². The predicted octanol–water partition coefficient (Wildman–Crippen LogP) is 5.07. The summed E-state index contributed by atoms with van der Waals surface area (Å²) in [6, 6.07) is 1.80. The molecular formula is C29H36F5N7O3. The third-order valence-electron chi connectivity index (χ3n) is 8.47. The zero-order valence-electron chi connectivity index (χ0n) is 24.6. The molecule has 0 radical (unpaired) electrons. The minimum absolute atomic E-state index is 0.0183. The van der Waals surface area contributed by atoms with Crippen molar-refractivity contribution in [2.45, 2.75) is 102 Å². The van der Waals surface area contributed by atoms with Crippen LogP contribution in [-0.2, 0) is 4.79 Å². The van der Waals surface area contributed by atoms with Gasteiger partial charge in [-0.3, -0.25) is 14.3 Å². The predicted molar refractivity (Wildman–Crippen MR) is 148 cm³/mol. The fourth-order valence-corrected chi connectivity index (χ4v) is 5.72. The highest BCUT2D eigenvalue weighted by Gasteiger charge is 2.51. The van der Waals surface area contributed by atoms with Gasteiger partial charge in [0.05, 0.1) is 36.6 Å². The van der Waals surface area contributed by atoms with Crippen molar-refractivity contribution < 1.29 is 36.6 Å². The van der Waals surface area contributed by atoms with Gasteiger partial charge in [0.2, 0.25) is 11.8 Å². The number of nitrogens with one attached hydrogen (secondary N) is 2. The van der Waals surface area contributed by atoms with Crippen LogP contribution in [0, 0.1) is 11.8 Å². The molecule has 0 spiro atoms. The molecule has 0 aromatic carbocycles. The Balaban J connectivity index is 1.41. The number of nitrogens with zero attached hydrogens (tertiary/aromatic N) is 5. The van der Waals surface area contributed by atoms with Crippen LogP contribution in [0.25, 0.3) is 5.65 Å². The van der Waals surface area contributed by atoms with Crippen LogP contribution in [0.3, 0.4) is 0 Å². The summed E-state index contributed by atoms with van der Waals surface area (Å²) in [5, 5.41) is 24.0. The Morgan fingerprint density at radius 2 is 1.73 bits per heavy atom. The number of hydrogen-bond donors (Lipinski definition) is 3. The van der Waals surface area contributed by atoms with Gasteiger partial charge in [0, 0.05) is 25.1 Å². The number of imidazole rings is 1. The maximum atomic E-state index is 14.0. The topological polar surface area (TPSA) is 126 Å². The first-order valence-electron chi connectivity index (χ1n) is 14.7. The monoisotopic (exact) mass is 625 g/mol. The molecular weight excluding hydrogens is 589 g/mol. The Hall–Kier alpha value is -3.62. The molecule has 2 aliphatic carbocycles. The van der Waals surface area contributed by atoms with E-state index in [9.17, 15) is 36.6 Å². The van der Waals surface area contributed by atoms with E-state index in [4.69, 9.17) is 0 Å². The van der Waals surface area contributed by atoms with Gasteiger partial charge in [-0.1, -0.05) is 0 Å². The number of amides is 2. The molecule has 2 aliphatic rings. The molecule has 3 aromatic rings. The summed E-state index contributed by atoms with van der Waals surface area (Å²) in [5.74, 6) is -4.48. The van der Waals surface area contributed by atoms with Crippen LogP contribution >= 0.6 is 0 Å². The van der Waals surface area contributed by atoms with E-state index in [1.807, 2.05) is 13.8 Å².